The van der Waals surface area contributed by atoms with Crippen molar-refractivity contribution in [3.05, 3.63) is 10.3 Å². The van der Waals surface area contributed by atoms with Crippen molar-refractivity contribution in [2.45, 2.75) is 6.29 Å². The summed E-state index contributed by atoms with van der Waals surface area (Å²) in [5.74, 6) is -0.163. The molecule has 0 saturated carbocycles. The highest BCUT2D eigenvalue weighted by atomic mass is 32.2. The minimum absolute atomic E-state index is 0.163. The van der Waals surface area contributed by atoms with Gasteiger partial charge < -0.3 is 9.47 Å². The standard InChI is InChI=1S/C8H14O3S2/c1-10-8(11-2)6(9)5-7(12-3)13-4/h5,8H,1-4H3. The number of ether oxygens (including phenoxy) is 2. The number of hydrogen-bond donors (Lipinski definition) is 0. The molecule has 0 saturated heterocycles. The van der Waals surface area contributed by atoms with Crippen molar-refractivity contribution in [1.82, 2.24) is 0 Å². The molecule has 0 fully saturated rings. The quantitative estimate of drug-likeness (QED) is 0.505. The average Bonchev–Trinajstić information content (AvgIpc) is 2.16. The molecule has 0 aliphatic rings. The van der Waals surface area contributed by atoms with E-state index in [0.717, 1.165) is 4.24 Å². The number of thioether (sulfide) groups is 2. The molecule has 3 nitrogen and oxygen atoms in total. The van der Waals surface area contributed by atoms with E-state index >= 15 is 0 Å². The normalized spacial score (nSPS) is 10.2. The molecule has 0 atom stereocenters. The summed E-state index contributed by atoms with van der Waals surface area (Å²) in [5, 5.41) is 0. The monoisotopic (exact) mass is 222 g/mol. The molecule has 0 spiro atoms. The number of carbonyl (C=O) groups is 1. The van der Waals surface area contributed by atoms with Gasteiger partial charge in [-0.05, 0) is 12.5 Å². The van der Waals surface area contributed by atoms with Gasteiger partial charge in [-0.15, -0.1) is 23.5 Å². The zero-order chi connectivity index (χ0) is 10.3. The Kier molecular flexibility index (Phi) is 7.45. The third kappa shape index (κ3) is 4.71. The third-order valence-electron chi connectivity index (χ3n) is 1.32. The molecule has 0 unspecified atom stereocenters. The number of carbonyl (C=O) groups excluding carboxylic acids is 1. The lowest BCUT2D eigenvalue weighted by molar-refractivity contribution is -0.151. The Morgan fingerprint density at radius 1 is 1.23 bits per heavy atom. The smallest absolute Gasteiger partial charge is 0.221 e. The molecule has 0 rings (SSSR count). The van der Waals surface area contributed by atoms with Crippen LogP contribution < -0.4 is 0 Å². The summed E-state index contributed by atoms with van der Waals surface area (Å²) in [7, 11) is 2.88. The van der Waals surface area contributed by atoms with Crippen molar-refractivity contribution in [2.75, 3.05) is 26.7 Å². The van der Waals surface area contributed by atoms with E-state index in [2.05, 4.69) is 0 Å². The van der Waals surface area contributed by atoms with Crippen LogP contribution in [0.15, 0.2) is 10.3 Å². The highest BCUT2D eigenvalue weighted by Crippen LogP contribution is 2.23. The number of ketones is 1. The van der Waals surface area contributed by atoms with E-state index in [0.29, 0.717) is 0 Å². The molecule has 0 N–H and O–H groups in total. The fourth-order valence-electron chi connectivity index (χ4n) is 0.714. The van der Waals surface area contributed by atoms with Gasteiger partial charge in [-0.25, -0.2) is 0 Å². The molecule has 0 aliphatic heterocycles. The Morgan fingerprint density at radius 3 is 2.00 bits per heavy atom. The van der Waals surface area contributed by atoms with Crippen molar-refractivity contribution >= 4 is 29.3 Å². The molecule has 76 valence electrons. The maximum Gasteiger partial charge on any atom is 0.221 e. The number of rotatable bonds is 6. The summed E-state index contributed by atoms with van der Waals surface area (Å²) < 4.78 is 10.6. The summed E-state index contributed by atoms with van der Waals surface area (Å²) >= 11 is 3.06. The van der Waals surface area contributed by atoms with Crippen molar-refractivity contribution in [3.63, 3.8) is 0 Å². The van der Waals surface area contributed by atoms with Gasteiger partial charge in [0, 0.05) is 24.5 Å². The van der Waals surface area contributed by atoms with Crippen LogP contribution in [0.25, 0.3) is 0 Å². The number of methoxy groups -OCH3 is 2. The van der Waals surface area contributed by atoms with Gasteiger partial charge in [0.05, 0.1) is 0 Å². The van der Waals surface area contributed by atoms with Crippen molar-refractivity contribution in [1.29, 1.82) is 0 Å². The molecular weight excluding hydrogens is 208 g/mol. The topological polar surface area (TPSA) is 35.5 Å². The van der Waals surface area contributed by atoms with E-state index in [1.807, 2.05) is 12.5 Å². The summed E-state index contributed by atoms with van der Waals surface area (Å²) in [4.78, 5) is 11.4. The van der Waals surface area contributed by atoms with Crippen LogP contribution in [0.5, 0.6) is 0 Å². The Morgan fingerprint density at radius 2 is 1.69 bits per heavy atom. The Hall–Kier alpha value is 0.0300. The van der Waals surface area contributed by atoms with E-state index < -0.39 is 6.29 Å². The van der Waals surface area contributed by atoms with Gasteiger partial charge in [0.2, 0.25) is 12.1 Å². The largest absolute Gasteiger partial charge is 0.349 e. The average molecular weight is 222 g/mol. The molecule has 0 aromatic carbocycles. The zero-order valence-corrected chi connectivity index (χ0v) is 9.83. The van der Waals surface area contributed by atoms with Crippen LogP contribution in [0.4, 0.5) is 0 Å². The predicted molar refractivity (Wildman–Crippen MR) is 57.9 cm³/mol. The lowest BCUT2D eigenvalue weighted by Gasteiger charge is -2.09. The Balaban J connectivity index is 4.32. The van der Waals surface area contributed by atoms with Crippen LogP contribution in [0.1, 0.15) is 0 Å². The van der Waals surface area contributed by atoms with Gasteiger partial charge in [-0.2, -0.15) is 0 Å². The summed E-state index contributed by atoms with van der Waals surface area (Å²) in [6, 6.07) is 0. The van der Waals surface area contributed by atoms with Crippen molar-refractivity contribution in [3.8, 4) is 0 Å². The fourth-order valence-corrected chi connectivity index (χ4v) is 1.85. The van der Waals surface area contributed by atoms with Gasteiger partial charge in [-0.1, -0.05) is 0 Å². The van der Waals surface area contributed by atoms with E-state index in [-0.39, 0.29) is 5.78 Å². The maximum atomic E-state index is 11.4. The van der Waals surface area contributed by atoms with Crippen LogP contribution >= 0.6 is 23.5 Å². The van der Waals surface area contributed by atoms with Gasteiger partial charge in [-0.3, -0.25) is 4.79 Å². The molecule has 5 heteroatoms. The first-order valence-corrected chi connectivity index (χ1v) is 6.03. The molecule has 0 aromatic rings. The van der Waals surface area contributed by atoms with Gasteiger partial charge in [0.15, 0.2) is 0 Å². The van der Waals surface area contributed by atoms with E-state index in [1.54, 1.807) is 0 Å². The minimum Gasteiger partial charge on any atom is -0.349 e. The van der Waals surface area contributed by atoms with Crippen LogP contribution in [0.2, 0.25) is 0 Å². The van der Waals surface area contributed by atoms with E-state index in [4.69, 9.17) is 9.47 Å². The maximum absolute atomic E-state index is 11.4. The molecule has 0 bridgehead atoms. The number of hydrogen-bond acceptors (Lipinski definition) is 5. The minimum atomic E-state index is -0.783. The fraction of sp³-hybridized carbons (Fsp3) is 0.625. The van der Waals surface area contributed by atoms with Gasteiger partial charge in [0.1, 0.15) is 0 Å². The van der Waals surface area contributed by atoms with Crippen LogP contribution in [0.3, 0.4) is 0 Å². The molecule has 0 heterocycles. The van der Waals surface area contributed by atoms with Crippen molar-refractivity contribution in [2.24, 2.45) is 0 Å². The van der Waals surface area contributed by atoms with Gasteiger partial charge in [0.25, 0.3) is 0 Å². The van der Waals surface area contributed by atoms with Crippen LogP contribution in [-0.4, -0.2) is 38.8 Å². The van der Waals surface area contributed by atoms with E-state index in [9.17, 15) is 4.79 Å². The lowest BCUT2D eigenvalue weighted by Crippen LogP contribution is -2.23. The second-order valence-electron chi connectivity index (χ2n) is 2.08. The molecule has 0 amide bonds. The Labute approximate surface area is 87.2 Å². The van der Waals surface area contributed by atoms with Crippen LogP contribution in [0, 0.1) is 0 Å². The third-order valence-corrected chi connectivity index (χ3v) is 3.36. The second-order valence-corrected chi connectivity index (χ2v) is 4.03. The van der Waals surface area contributed by atoms with Gasteiger partial charge >= 0.3 is 0 Å². The molecule has 0 aliphatic carbocycles. The first-order chi connectivity index (χ1) is 6.19. The first-order valence-electron chi connectivity index (χ1n) is 3.58. The second kappa shape index (κ2) is 7.44. The first kappa shape index (κ1) is 13.0. The molecule has 0 aromatic heterocycles. The summed E-state index contributed by atoms with van der Waals surface area (Å²) in [6.45, 7) is 0. The highest BCUT2D eigenvalue weighted by Gasteiger charge is 2.14. The van der Waals surface area contributed by atoms with E-state index in [1.165, 1.54) is 43.8 Å². The highest BCUT2D eigenvalue weighted by molar-refractivity contribution is 8.21. The summed E-state index contributed by atoms with van der Waals surface area (Å²) in [5.41, 5.74) is 0. The zero-order valence-electron chi connectivity index (χ0n) is 8.20. The molecule has 13 heavy (non-hydrogen) atoms. The predicted octanol–water partition coefficient (Wildman–Crippen LogP) is 1.74. The lowest BCUT2D eigenvalue weighted by atomic mass is 10.4. The SMILES string of the molecule is COC(OC)C(=O)C=C(SC)SC. The molecule has 0 radical (unpaired) electrons. The van der Waals surface area contributed by atoms with Crippen molar-refractivity contribution < 1.29 is 14.3 Å². The Bertz CT molecular complexity index is 182. The molecular formula is C8H14O3S2. The van der Waals surface area contributed by atoms with Crippen LogP contribution in [-0.2, 0) is 14.3 Å². The summed E-state index contributed by atoms with van der Waals surface area (Å²) in [6.07, 6.45) is 4.59.